The van der Waals surface area contributed by atoms with Gasteiger partial charge in [-0.15, -0.1) is 0 Å². The highest BCUT2D eigenvalue weighted by Crippen LogP contribution is 2.18. The van der Waals surface area contributed by atoms with Gasteiger partial charge in [-0.2, -0.15) is 0 Å². The van der Waals surface area contributed by atoms with Crippen molar-refractivity contribution in [3.63, 3.8) is 0 Å². The molecule has 1 aliphatic heterocycles. The molecule has 0 aromatic heterocycles. The second-order valence-corrected chi connectivity index (χ2v) is 4.94. The van der Waals surface area contributed by atoms with E-state index in [4.69, 9.17) is 0 Å². The molecule has 1 fully saturated rings. The smallest absolute Gasteiger partial charge is 0.274 e. The van der Waals surface area contributed by atoms with Gasteiger partial charge >= 0.3 is 0 Å². The van der Waals surface area contributed by atoms with Crippen LogP contribution < -0.4 is 5.32 Å². The second kappa shape index (κ2) is 7.95. The minimum atomic E-state index is -0.367. The lowest BCUT2D eigenvalue weighted by atomic mass is 9.98. The van der Waals surface area contributed by atoms with Crippen molar-refractivity contribution in [3.05, 3.63) is 22.1 Å². The monoisotopic (exact) mass is 255 g/mol. The Morgan fingerprint density at radius 1 is 1.56 bits per heavy atom. The van der Waals surface area contributed by atoms with Crippen LogP contribution in [0.25, 0.3) is 0 Å². The van der Waals surface area contributed by atoms with Gasteiger partial charge in [-0.25, -0.2) is 0 Å². The second-order valence-electron chi connectivity index (χ2n) is 4.94. The zero-order chi connectivity index (χ0) is 13.4. The zero-order valence-electron chi connectivity index (χ0n) is 11.5. The summed E-state index contributed by atoms with van der Waals surface area (Å²) in [6.45, 7) is 7.10. The van der Waals surface area contributed by atoms with Gasteiger partial charge < -0.3 is 10.2 Å². The molecule has 0 saturated carbocycles. The van der Waals surface area contributed by atoms with E-state index in [9.17, 15) is 10.1 Å². The van der Waals surface area contributed by atoms with Gasteiger partial charge in [-0.3, -0.25) is 10.1 Å². The first-order chi connectivity index (χ1) is 8.67. The SMILES string of the molecule is CCCCC(CC)CN1CCCNC1=C[N+](=O)[O-]. The maximum Gasteiger partial charge on any atom is 0.274 e. The van der Waals surface area contributed by atoms with Crippen LogP contribution in [0, 0.1) is 16.0 Å². The Morgan fingerprint density at radius 3 is 2.94 bits per heavy atom. The molecule has 1 atom stereocenters. The lowest BCUT2D eigenvalue weighted by molar-refractivity contribution is -0.404. The maximum absolute atomic E-state index is 10.6. The summed E-state index contributed by atoms with van der Waals surface area (Å²) in [5.41, 5.74) is 0. The van der Waals surface area contributed by atoms with Gasteiger partial charge in [0.25, 0.3) is 6.20 Å². The molecule has 1 aliphatic rings. The number of unbranched alkanes of at least 4 members (excludes halogenated alkanes) is 1. The third kappa shape index (κ3) is 4.94. The fourth-order valence-corrected chi connectivity index (χ4v) is 2.36. The predicted molar refractivity (Wildman–Crippen MR) is 72.6 cm³/mol. The molecule has 104 valence electrons. The minimum absolute atomic E-state index is 0.367. The molecule has 1 N–H and O–H groups in total. The van der Waals surface area contributed by atoms with Crippen LogP contribution in [0.1, 0.15) is 46.0 Å². The van der Waals surface area contributed by atoms with Gasteiger partial charge in [0.15, 0.2) is 5.82 Å². The first-order valence-electron chi connectivity index (χ1n) is 7.01. The molecule has 0 aliphatic carbocycles. The molecular weight excluding hydrogens is 230 g/mol. The number of nitrogens with one attached hydrogen (secondary N) is 1. The summed E-state index contributed by atoms with van der Waals surface area (Å²) in [5, 5.41) is 13.7. The van der Waals surface area contributed by atoms with Crippen LogP contribution >= 0.6 is 0 Å². The molecular formula is C13H25N3O2. The van der Waals surface area contributed by atoms with E-state index in [0.717, 1.165) is 38.7 Å². The largest absolute Gasteiger partial charge is 0.367 e. The first kappa shape index (κ1) is 14.8. The molecule has 18 heavy (non-hydrogen) atoms. The summed E-state index contributed by atoms with van der Waals surface area (Å²) >= 11 is 0. The summed E-state index contributed by atoms with van der Waals surface area (Å²) in [7, 11) is 0. The molecule has 1 heterocycles. The van der Waals surface area contributed by atoms with Crippen LogP contribution in [-0.4, -0.2) is 29.5 Å². The van der Waals surface area contributed by atoms with Gasteiger partial charge in [0.05, 0.1) is 4.92 Å². The molecule has 1 saturated heterocycles. The highest BCUT2D eigenvalue weighted by atomic mass is 16.6. The molecule has 1 rings (SSSR count). The van der Waals surface area contributed by atoms with Crippen LogP contribution in [0.15, 0.2) is 12.0 Å². The minimum Gasteiger partial charge on any atom is -0.367 e. The molecule has 0 aromatic carbocycles. The van der Waals surface area contributed by atoms with Crippen LogP contribution in [0.3, 0.4) is 0 Å². The van der Waals surface area contributed by atoms with E-state index in [1.54, 1.807) is 0 Å². The number of hydrogen-bond acceptors (Lipinski definition) is 4. The van der Waals surface area contributed by atoms with Gasteiger partial charge in [-0.05, 0) is 18.8 Å². The normalized spacial score (nSPS) is 19.7. The Kier molecular flexibility index (Phi) is 6.54. The fourth-order valence-electron chi connectivity index (χ4n) is 2.36. The highest BCUT2D eigenvalue weighted by molar-refractivity contribution is 4.98. The van der Waals surface area contributed by atoms with E-state index in [0.29, 0.717) is 11.7 Å². The molecule has 0 spiro atoms. The third-order valence-electron chi connectivity index (χ3n) is 3.50. The quantitative estimate of drug-likeness (QED) is 0.561. The van der Waals surface area contributed by atoms with Crippen molar-refractivity contribution < 1.29 is 4.92 Å². The zero-order valence-corrected chi connectivity index (χ0v) is 11.5. The van der Waals surface area contributed by atoms with E-state index in [-0.39, 0.29) is 4.92 Å². The Labute approximate surface area is 109 Å². The number of hydrogen-bond donors (Lipinski definition) is 1. The summed E-state index contributed by atoms with van der Waals surface area (Å²) in [5.74, 6) is 1.32. The van der Waals surface area contributed by atoms with Crippen LogP contribution in [-0.2, 0) is 0 Å². The van der Waals surface area contributed by atoms with Gasteiger partial charge in [0.1, 0.15) is 0 Å². The van der Waals surface area contributed by atoms with Crippen molar-refractivity contribution >= 4 is 0 Å². The van der Waals surface area contributed by atoms with Crippen molar-refractivity contribution in [1.29, 1.82) is 0 Å². The van der Waals surface area contributed by atoms with E-state index in [1.165, 1.54) is 19.3 Å². The Balaban J connectivity index is 2.57. The maximum atomic E-state index is 10.6. The summed E-state index contributed by atoms with van der Waals surface area (Å²) in [6, 6.07) is 0. The van der Waals surface area contributed by atoms with Gasteiger partial charge in [-0.1, -0.05) is 33.1 Å². The fraction of sp³-hybridized carbons (Fsp3) is 0.846. The van der Waals surface area contributed by atoms with Crippen LogP contribution in [0.2, 0.25) is 0 Å². The number of nitro groups is 1. The Hall–Kier alpha value is -1.26. The summed E-state index contributed by atoms with van der Waals surface area (Å²) in [4.78, 5) is 12.4. The third-order valence-corrected chi connectivity index (χ3v) is 3.50. The Bertz CT molecular complexity index is 292. The Morgan fingerprint density at radius 2 is 2.33 bits per heavy atom. The average Bonchev–Trinajstić information content (AvgIpc) is 2.35. The lowest BCUT2D eigenvalue weighted by Crippen LogP contribution is -2.42. The van der Waals surface area contributed by atoms with Crippen molar-refractivity contribution in [2.45, 2.75) is 46.0 Å². The number of nitrogens with zero attached hydrogens (tertiary/aromatic N) is 2. The molecule has 0 amide bonds. The summed E-state index contributed by atoms with van der Waals surface area (Å²) < 4.78 is 0. The highest BCUT2D eigenvalue weighted by Gasteiger charge is 2.20. The van der Waals surface area contributed by atoms with Gasteiger partial charge in [0.2, 0.25) is 0 Å². The average molecular weight is 255 g/mol. The first-order valence-corrected chi connectivity index (χ1v) is 7.01. The van der Waals surface area contributed by atoms with Crippen molar-refractivity contribution in [3.8, 4) is 0 Å². The lowest BCUT2D eigenvalue weighted by Gasteiger charge is -2.33. The topological polar surface area (TPSA) is 58.4 Å². The molecule has 5 nitrogen and oxygen atoms in total. The van der Waals surface area contributed by atoms with Crippen LogP contribution in [0.5, 0.6) is 0 Å². The van der Waals surface area contributed by atoms with Crippen molar-refractivity contribution in [1.82, 2.24) is 10.2 Å². The van der Waals surface area contributed by atoms with E-state index in [2.05, 4.69) is 24.1 Å². The number of rotatable bonds is 7. The van der Waals surface area contributed by atoms with E-state index in [1.807, 2.05) is 0 Å². The van der Waals surface area contributed by atoms with E-state index < -0.39 is 0 Å². The molecule has 0 bridgehead atoms. The van der Waals surface area contributed by atoms with Gasteiger partial charge in [0, 0.05) is 19.6 Å². The molecule has 5 heteroatoms. The van der Waals surface area contributed by atoms with Crippen molar-refractivity contribution in [2.24, 2.45) is 5.92 Å². The summed E-state index contributed by atoms with van der Waals surface area (Å²) in [6.07, 6.45) is 6.98. The molecule has 0 radical (unpaired) electrons. The van der Waals surface area contributed by atoms with E-state index >= 15 is 0 Å². The molecule has 0 aromatic rings. The standard InChI is InChI=1S/C13H25N3O2/c1-3-5-7-12(4-2)10-15-9-6-8-14-13(15)11-16(17)18/h11-12,14H,3-10H2,1-2H3. The predicted octanol–water partition coefficient (Wildman–Crippen LogP) is 2.57. The molecule has 1 unspecified atom stereocenters. The van der Waals surface area contributed by atoms with Crippen LogP contribution in [0.4, 0.5) is 0 Å². The van der Waals surface area contributed by atoms with Crippen molar-refractivity contribution in [2.75, 3.05) is 19.6 Å².